The van der Waals surface area contributed by atoms with Gasteiger partial charge < -0.3 is 54.3 Å². The maximum absolute atomic E-state index is 13.1. The molecule has 6 N–H and O–H groups in total. The van der Waals surface area contributed by atoms with Crippen molar-refractivity contribution in [2.45, 2.75) is 128 Å². The van der Waals surface area contributed by atoms with Crippen LogP contribution >= 0.6 is 0 Å². The van der Waals surface area contributed by atoms with Crippen LogP contribution in [0.2, 0.25) is 0 Å². The molecule has 0 amide bonds. The van der Waals surface area contributed by atoms with E-state index in [1.165, 1.54) is 0 Å². The number of carbonyl (C=O) groups is 3. The minimum atomic E-state index is -1.88. The molecule has 3 rings (SSSR count). The van der Waals surface area contributed by atoms with Gasteiger partial charge in [-0.1, -0.05) is 57.2 Å². The van der Waals surface area contributed by atoms with E-state index < -0.39 is 104 Å². The van der Waals surface area contributed by atoms with Gasteiger partial charge in [0.1, 0.15) is 49.3 Å². The molecule has 11 atom stereocenters. The van der Waals surface area contributed by atoms with Gasteiger partial charge in [-0.15, -0.1) is 0 Å². The summed E-state index contributed by atoms with van der Waals surface area (Å²) in [6.45, 7) is 12.2. The Bertz CT molecular complexity index is 1240. The molecule has 0 bridgehead atoms. The van der Waals surface area contributed by atoms with Crippen molar-refractivity contribution < 1.29 is 68.7 Å². The highest BCUT2D eigenvalue weighted by Crippen LogP contribution is 2.41. The Labute approximate surface area is 273 Å². The van der Waals surface area contributed by atoms with Gasteiger partial charge in [0.25, 0.3) is 0 Å². The monoisotopic (exact) mass is 668 g/mol. The zero-order valence-corrected chi connectivity index (χ0v) is 27.4. The van der Waals surface area contributed by atoms with Crippen LogP contribution < -0.4 is 0 Å². The summed E-state index contributed by atoms with van der Waals surface area (Å²) in [5.41, 5.74) is 1.77. The maximum atomic E-state index is 13.1. The summed E-state index contributed by atoms with van der Waals surface area (Å²) in [6, 6.07) is 0. The second-order valence-electron chi connectivity index (χ2n) is 12.7. The number of aliphatic hydroxyl groups excluding tert-OH is 6. The van der Waals surface area contributed by atoms with E-state index in [1.54, 1.807) is 19.9 Å². The van der Waals surface area contributed by atoms with Crippen LogP contribution in [-0.4, -0.2) is 122 Å². The molecule has 14 nitrogen and oxygen atoms in total. The molecule has 0 saturated carbocycles. The normalized spacial score (nSPS) is 36.4. The fraction of sp³-hybridized carbons (Fsp3) is 0.667. The van der Waals surface area contributed by atoms with Crippen molar-refractivity contribution in [3.8, 4) is 0 Å². The summed E-state index contributed by atoms with van der Waals surface area (Å²) in [5, 5.41) is 61.4. The van der Waals surface area contributed by atoms with Gasteiger partial charge in [0, 0.05) is 6.42 Å². The van der Waals surface area contributed by atoms with E-state index in [0.29, 0.717) is 5.57 Å². The summed E-state index contributed by atoms with van der Waals surface area (Å²) in [7, 11) is 0. The zero-order valence-electron chi connectivity index (χ0n) is 27.4. The predicted octanol–water partition coefficient (Wildman–Crippen LogP) is 0.267. The van der Waals surface area contributed by atoms with Crippen LogP contribution in [0.3, 0.4) is 0 Å². The lowest BCUT2D eigenvalue weighted by atomic mass is 9.71. The third-order valence-electron chi connectivity index (χ3n) is 8.62. The van der Waals surface area contributed by atoms with Crippen LogP contribution in [0.5, 0.6) is 0 Å². The van der Waals surface area contributed by atoms with Crippen molar-refractivity contribution in [3.05, 3.63) is 47.6 Å². The smallest absolute Gasteiger partial charge is 0.307 e. The van der Waals surface area contributed by atoms with E-state index in [1.807, 2.05) is 39.0 Å². The Morgan fingerprint density at radius 3 is 2.26 bits per heavy atom. The molecule has 0 aromatic rings. The minimum Gasteiger partial charge on any atom is -0.463 e. The topological polar surface area (TPSA) is 219 Å². The van der Waals surface area contributed by atoms with Crippen molar-refractivity contribution in [2.75, 3.05) is 6.61 Å². The second kappa shape index (κ2) is 16.5. The highest BCUT2D eigenvalue weighted by atomic mass is 16.7. The van der Waals surface area contributed by atoms with Crippen LogP contribution in [0.15, 0.2) is 47.6 Å². The third-order valence-corrected chi connectivity index (χ3v) is 8.62. The Morgan fingerprint density at radius 1 is 0.957 bits per heavy atom. The van der Waals surface area contributed by atoms with Gasteiger partial charge in [0.2, 0.25) is 0 Å². The van der Waals surface area contributed by atoms with Gasteiger partial charge in [-0.05, 0) is 36.8 Å². The zero-order chi connectivity index (χ0) is 35.2. The molecule has 47 heavy (non-hydrogen) atoms. The molecule has 264 valence electrons. The number of ketones is 1. The molecule has 0 aromatic carbocycles. The van der Waals surface area contributed by atoms with E-state index in [2.05, 4.69) is 6.58 Å². The Morgan fingerprint density at radius 2 is 1.62 bits per heavy atom. The summed E-state index contributed by atoms with van der Waals surface area (Å²) in [5.74, 6) is -1.99. The predicted molar refractivity (Wildman–Crippen MR) is 164 cm³/mol. The molecule has 14 heteroatoms. The lowest BCUT2D eigenvalue weighted by molar-refractivity contribution is -0.353. The molecular weight excluding hydrogens is 620 g/mol. The van der Waals surface area contributed by atoms with Gasteiger partial charge >= 0.3 is 11.9 Å². The van der Waals surface area contributed by atoms with Crippen LogP contribution in [-0.2, 0) is 38.1 Å². The number of Topliss-reactive ketones (excluding diaryl/α,β-unsaturated/α-hetero) is 1. The number of allylic oxidation sites excluding steroid dienone is 6. The summed E-state index contributed by atoms with van der Waals surface area (Å²) < 4.78 is 27.1. The van der Waals surface area contributed by atoms with E-state index in [9.17, 15) is 45.0 Å². The quantitative estimate of drug-likeness (QED) is 0.122. The summed E-state index contributed by atoms with van der Waals surface area (Å²) in [6.07, 6.45) is -9.82. The number of rotatable bonds is 12. The minimum absolute atomic E-state index is 0.245. The number of esters is 2. The van der Waals surface area contributed by atoms with Crippen LogP contribution in [0.4, 0.5) is 0 Å². The standard InChI is InChI=1S/C33H48O14/c1-7-9-16(3)10-11-18-17(4)24(36)20(14-33(18,5)6)44-23(35)13-12-22(34)43-15-21-30(27(39)28(40)31(42)45-21)47-32-29(41)26(38)25(37)19(8-2)46-32/h7,9-11,19-21,25-32,37-42H,1,8,12-15H2,2-6H3/b11-10+,16-9+. The van der Waals surface area contributed by atoms with Crippen molar-refractivity contribution in [3.63, 3.8) is 0 Å². The molecule has 2 saturated heterocycles. The fourth-order valence-electron chi connectivity index (χ4n) is 5.86. The van der Waals surface area contributed by atoms with E-state index in [-0.39, 0.29) is 18.6 Å². The van der Waals surface area contributed by atoms with Gasteiger partial charge in [-0.3, -0.25) is 14.4 Å². The Balaban J connectivity index is 1.57. The van der Waals surface area contributed by atoms with Crippen molar-refractivity contribution >= 4 is 17.7 Å². The molecule has 1 aliphatic carbocycles. The largest absolute Gasteiger partial charge is 0.463 e. The third kappa shape index (κ3) is 9.43. The first-order chi connectivity index (χ1) is 22.0. The first-order valence-electron chi connectivity index (χ1n) is 15.6. The lowest BCUT2D eigenvalue weighted by Gasteiger charge is -2.45. The molecule has 3 aliphatic rings. The SMILES string of the molecule is C=C/C=C(C)/C=C/C1=C(C)C(=O)C(OC(=O)CCC(=O)OCC2OC(O)C(O)C(O)C2OC2OC(CC)C(O)C(O)C2O)CC1(C)C. The van der Waals surface area contributed by atoms with Crippen molar-refractivity contribution in [2.24, 2.45) is 5.41 Å². The second-order valence-corrected chi connectivity index (χ2v) is 12.7. The Kier molecular flexibility index (Phi) is 13.6. The molecule has 2 heterocycles. The van der Waals surface area contributed by atoms with E-state index in [0.717, 1.165) is 11.1 Å². The van der Waals surface area contributed by atoms with Crippen LogP contribution in [0.1, 0.15) is 60.3 Å². The molecule has 2 aliphatic heterocycles. The van der Waals surface area contributed by atoms with Crippen molar-refractivity contribution in [1.29, 1.82) is 0 Å². The number of hydrogen-bond donors (Lipinski definition) is 6. The average molecular weight is 669 g/mol. The molecule has 0 radical (unpaired) electrons. The average Bonchev–Trinajstić information content (AvgIpc) is 3.01. The highest BCUT2D eigenvalue weighted by Gasteiger charge is 2.50. The maximum Gasteiger partial charge on any atom is 0.307 e. The van der Waals surface area contributed by atoms with Gasteiger partial charge in [0.05, 0.1) is 18.9 Å². The van der Waals surface area contributed by atoms with Gasteiger partial charge in [-0.25, -0.2) is 0 Å². The number of ether oxygens (including phenoxy) is 5. The van der Waals surface area contributed by atoms with Crippen molar-refractivity contribution in [1.82, 2.24) is 0 Å². The van der Waals surface area contributed by atoms with Crippen LogP contribution in [0.25, 0.3) is 0 Å². The number of carbonyl (C=O) groups excluding carboxylic acids is 3. The summed E-state index contributed by atoms with van der Waals surface area (Å²) >= 11 is 0. The fourth-order valence-corrected chi connectivity index (χ4v) is 5.86. The van der Waals surface area contributed by atoms with Gasteiger partial charge in [0.15, 0.2) is 24.5 Å². The molecule has 0 aromatic heterocycles. The summed E-state index contributed by atoms with van der Waals surface area (Å²) in [4.78, 5) is 38.2. The lowest BCUT2D eigenvalue weighted by Crippen LogP contribution is -2.64. The first-order valence-corrected chi connectivity index (χ1v) is 15.6. The van der Waals surface area contributed by atoms with E-state index >= 15 is 0 Å². The molecule has 2 fully saturated rings. The first kappa shape index (κ1) is 38.7. The van der Waals surface area contributed by atoms with E-state index in [4.69, 9.17) is 23.7 Å². The highest BCUT2D eigenvalue weighted by molar-refractivity contribution is 6.01. The number of aliphatic hydroxyl groups is 6. The molecular formula is C33H48O14. The molecule has 11 unspecified atom stereocenters. The number of hydrogen-bond acceptors (Lipinski definition) is 14. The molecule has 0 spiro atoms. The Hall–Kier alpha value is -2.79. The van der Waals surface area contributed by atoms with Gasteiger partial charge in [-0.2, -0.15) is 0 Å². The van der Waals surface area contributed by atoms with Crippen LogP contribution in [0, 0.1) is 5.41 Å².